The Hall–Kier alpha value is -3.55. The van der Waals surface area contributed by atoms with Gasteiger partial charge in [0.25, 0.3) is 5.91 Å². The van der Waals surface area contributed by atoms with E-state index in [9.17, 15) is 27.9 Å². The summed E-state index contributed by atoms with van der Waals surface area (Å²) in [5.41, 5.74) is 1.32. The van der Waals surface area contributed by atoms with E-state index in [-0.39, 0.29) is 24.5 Å². The van der Waals surface area contributed by atoms with Crippen molar-refractivity contribution in [3.8, 4) is 11.3 Å². The van der Waals surface area contributed by atoms with E-state index in [1.54, 1.807) is 0 Å². The number of alkyl halides is 3. The Morgan fingerprint density at radius 2 is 1.63 bits per heavy atom. The van der Waals surface area contributed by atoms with Gasteiger partial charge < -0.3 is 14.4 Å². The summed E-state index contributed by atoms with van der Waals surface area (Å²) < 4.78 is 43.7. The number of furan rings is 1. The molecule has 0 saturated carbocycles. The van der Waals surface area contributed by atoms with Gasteiger partial charge in [0.15, 0.2) is 5.76 Å². The van der Waals surface area contributed by atoms with Crippen LogP contribution in [0, 0.1) is 0 Å². The second kappa shape index (κ2) is 7.37. The van der Waals surface area contributed by atoms with Gasteiger partial charge >= 0.3 is 12.1 Å². The van der Waals surface area contributed by atoms with Gasteiger partial charge in [0.1, 0.15) is 11.8 Å². The highest BCUT2D eigenvalue weighted by molar-refractivity contribution is 5.95. The summed E-state index contributed by atoms with van der Waals surface area (Å²) in [7, 11) is 0. The van der Waals surface area contributed by atoms with Crippen molar-refractivity contribution in [1.82, 2.24) is 4.90 Å². The smallest absolute Gasteiger partial charge is 0.416 e. The van der Waals surface area contributed by atoms with Gasteiger partial charge in [0, 0.05) is 18.5 Å². The molecule has 0 aliphatic carbocycles. The van der Waals surface area contributed by atoms with Gasteiger partial charge in [-0.1, -0.05) is 36.4 Å². The minimum Gasteiger partial charge on any atom is -0.480 e. The number of halogens is 3. The van der Waals surface area contributed by atoms with Crippen LogP contribution in [0.15, 0.2) is 65.1 Å². The molecule has 30 heavy (non-hydrogen) atoms. The Morgan fingerprint density at radius 1 is 0.967 bits per heavy atom. The number of carbonyl (C=O) groups is 2. The molecule has 5 nitrogen and oxygen atoms in total. The molecule has 4 rings (SSSR count). The van der Waals surface area contributed by atoms with Crippen molar-refractivity contribution in [2.24, 2.45) is 0 Å². The van der Waals surface area contributed by atoms with E-state index in [2.05, 4.69) is 0 Å². The third-order valence-corrected chi connectivity index (χ3v) is 5.11. The second-order valence-electron chi connectivity index (χ2n) is 7.00. The van der Waals surface area contributed by atoms with E-state index >= 15 is 0 Å². The number of fused-ring (bicyclic) bond motifs is 1. The SMILES string of the molecule is O=C(O)C1Cc2ccccc2CN1C(=O)c1ccc(-c2ccc(C(F)(F)F)cc2)o1. The zero-order chi connectivity index (χ0) is 21.5. The van der Waals surface area contributed by atoms with Crippen molar-refractivity contribution < 1.29 is 32.3 Å². The maximum absolute atomic E-state index is 13.0. The maximum Gasteiger partial charge on any atom is 0.416 e. The van der Waals surface area contributed by atoms with Crippen LogP contribution >= 0.6 is 0 Å². The lowest BCUT2D eigenvalue weighted by Crippen LogP contribution is -2.48. The minimum absolute atomic E-state index is 0.0736. The molecule has 0 fully saturated rings. The molecule has 0 bridgehead atoms. The van der Waals surface area contributed by atoms with Gasteiger partial charge in [-0.2, -0.15) is 13.2 Å². The Labute approximate surface area is 169 Å². The summed E-state index contributed by atoms with van der Waals surface area (Å²) in [5, 5.41) is 9.59. The topological polar surface area (TPSA) is 70.8 Å². The lowest BCUT2D eigenvalue weighted by atomic mass is 9.94. The average Bonchev–Trinajstić information content (AvgIpc) is 3.22. The first kappa shape index (κ1) is 19.8. The number of rotatable bonds is 3. The van der Waals surface area contributed by atoms with Crippen molar-refractivity contribution in [2.75, 3.05) is 0 Å². The highest BCUT2D eigenvalue weighted by Crippen LogP contribution is 2.32. The predicted molar refractivity (Wildman–Crippen MR) is 101 cm³/mol. The maximum atomic E-state index is 13.0. The Kier molecular flexibility index (Phi) is 4.85. The first-order valence-corrected chi connectivity index (χ1v) is 9.12. The second-order valence-corrected chi connectivity index (χ2v) is 7.00. The third-order valence-electron chi connectivity index (χ3n) is 5.11. The lowest BCUT2D eigenvalue weighted by Gasteiger charge is -2.33. The van der Waals surface area contributed by atoms with E-state index in [1.165, 1.54) is 29.2 Å². The molecule has 2 aromatic carbocycles. The molecule has 1 aromatic heterocycles. The predicted octanol–water partition coefficient (Wildman–Crippen LogP) is 4.62. The first-order chi connectivity index (χ1) is 14.2. The average molecular weight is 415 g/mol. The zero-order valence-corrected chi connectivity index (χ0v) is 15.5. The zero-order valence-electron chi connectivity index (χ0n) is 15.5. The van der Waals surface area contributed by atoms with Crippen molar-refractivity contribution in [3.05, 3.63) is 83.1 Å². The fraction of sp³-hybridized carbons (Fsp3) is 0.182. The van der Waals surface area contributed by atoms with Crippen LogP contribution < -0.4 is 0 Å². The van der Waals surface area contributed by atoms with Crippen molar-refractivity contribution in [2.45, 2.75) is 25.2 Å². The molecule has 0 spiro atoms. The van der Waals surface area contributed by atoms with Crippen molar-refractivity contribution in [1.29, 1.82) is 0 Å². The molecule has 1 aliphatic heterocycles. The van der Waals surface area contributed by atoms with Crippen LogP contribution in [-0.4, -0.2) is 27.9 Å². The number of aliphatic carboxylic acids is 1. The first-order valence-electron chi connectivity index (χ1n) is 9.12. The van der Waals surface area contributed by atoms with Crippen LogP contribution in [0.25, 0.3) is 11.3 Å². The molecule has 3 aromatic rings. The van der Waals surface area contributed by atoms with Crippen LogP contribution in [0.5, 0.6) is 0 Å². The third kappa shape index (κ3) is 3.68. The summed E-state index contributed by atoms with van der Waals surface area (Å²) in [6.07, 6.45) is -4.26. The normalized spacial score (nSPS) is 16.2. The molecular formula is C22H16F3NO4. The number of carboxylic acid groups (broad SMARTS) is 1. The lowest BCUT2D eigenvalue weighted by molar-refractivity contribution is -0.143. The molecule has 1 amide bonds. The van der Waals surface area contributed by atoms with Crippen LogP contribution in [0.1, 0.15) is 27.2 Å². The van der Waals surface area contributed by atoms with Crippen LogP contribution in [0.4, 0.5) is 13.2 Å². The summed E-state index contributed by atoms with van der Waals surface area (Å²) in [5.74, 6) is -1.56. The van der Waals surface area contributed by atoms with E-state index in [1.807, 2.05) is 24.3 Å². The molecule has 1 unspecified atom stereocenters. The highest BCUT2D eigenvalue weighted by atomic mass is 19.4. The molecular weight excluding hydrogens is 399 g/mol. The standard InChI is InChI=1S/C22H16F3NO4/c23-22(24,25)16-7-5-13(6-8-16)18-9-10-19(30-18)20(27)26-12-15-4-2-1-3-14(15)11-17(26)21(28)29/h1-10,17H,11-12H2,(H,28,29). The monoisotopic (exact) mass is 415 g/mol. The largest absolute Gasteiger partial charge is 0.480 e. The molecule has 1 atom stereocenters. The van der Waals surface area contributed by atoms with Crippen molar-refractivity contribution in [3.63, 3.8) is 0 Å². The Morgan fingerprint density at radius 3 is 2.27 bits per heavy atom. The Balaban J connectivity index is 1.60. The number of hydrogen-bond donors (Lipinski definition) is 1. The molecule has 8 heteroatoms. The fourth-order valence-corrected chi connectivity index (χ4v) is 3.53. The molecule has 154 valence electrons. The minimum atomic E-state index is -4.45. The number of amides is 1. The summed E-state index contributed by atoms with van der Waals surface area (Å²) in [6.45, 7) is 0.127. The van der Waals surface area contributed by atoms with E-state index in [0.29, 0.717) is 5.56 Å². The van der Waals surface area contributed by atoms with Gasteiger partial charge in [-0.25, -0.2) is 4.79 Å². The quantitative estimate of drug-likeness (QED) is 0.678. The van der Waals surface area contributed by atoms with Crippen molar-refractivity contribution >= 4 is 11.9 Å². The molecule has 1 aliphatic rings. The number of carboxylic acids is 1. The van der Waals surface area contributed by atoms with Gasteiger partial charge in [0.05, 0.1) is 5.56 Å². The molecule has 2 heterocycles. The van der Waals surface area contributed by atoms with Gasteiger partial charge in [-0.05, 0) is 35.4 Å². The molecule has 1 N–H and O–H groups in total. The van der Waals surface area contributed by atoms with E-state index in [0.717, 1.165) is 23.3 Å². The Bertz CT molecular complexity index is 1100. The van der Waals surface area contributed by atoms with E-state index in [4.69, 9.17) is 4.42 Å². The van der Waals surface area contributed by atoms with Gasteiger partial charge in [0.2, 0.25) is 0 Å². The summed E-state index contributed by atoms with van der Waals surface area (Å²) >= 11 is 0. The fourth-order valence-electron chi connectivity index (χ4n) is 3.53. The van der Waals surface area contributed by atoms with Gasteiger partial charge in [-0.15, -0.1) is 0 Å². The number of nitrogens with zero attached hydrogens (tertiary/aromatic N) is 1. The number of hydrogen-bond acceptors (Lipinski definition) is 3. The van der Waals surface area contributed by atoms with Crippen LogP contribution in [-0.2, 0) is 23.9 Å². The number of carbonyl (C=O) groups excluding carboxylic acids is 1. The highest BCUT2D eigenvalue weighted by Gasteiger charge is 2.36. The molecule has 0 radical (unpaired) electrons. The summed E-state index contributed by atoms with van der Waals surface area (Å²) in [6, 6.07) is 13.5. The van der Waals surface area contributed by atoms with Crippen LogP contribution in [0.3, 0.4) is 0 Å². The van der Waals surface area contributed by atoms with Crippen LogP contribution in [0.2, 0.25) is 0 Å². The van der Waals surface area contributed by atoms with Gasteiger partial charge in [-0.3, -0.25) is 4.79 Å². The summed E-state index contributed by atoms with van der Waals surface area (Å²) in [4.78, 5) is 25.9. The van der Waals surface area contributed by atoms with E-state index < -0.39 is 29.7 Å². The number of benzene rings is 2. The molecule has 0 saturated heterocycles.